The van der Waals surface area contributed by atoms with Crippen LogP contribution < -0.4 is 21.7 Å². The van der Waals surface area contributed by atoms with E-state index in [-0.39, 0.29) is 58.4 Å². The molecule has 3 aromatic heterocycles. The van der Waals surface area contributed by atoms with E-state index in [4.69, 9.17) is 5.73 Å². The Hall–Kier alpha value is -4.67. The fourth-order valence-corrected chi connectivity index (χ4v) is 5.12. The molecule has 0 radical (unpaired) electrons. The Morgan fingerprint density at radius 1 is 1.18 bits per heavy atom. The predicted octanol–water partition coefficient (Wildman–Crippen LogP) is 4.04. The molecule has 0 saturated heterocycles. The van der Waals surface area contributed by atoms with Crippen LogP contribution in [0.3, 0.4) is 0 Å². The SMILES string of the molecule is Cc1cc(Nc2nccn3c(-c4cn(CC(F)F)nc4C(F)(F)F)cnc23)cc(F)c1C(=O)N[C@H](C)CNC(=O)C1CC(N)C1. The van der Waals surface area contributed by atoms with Crippen molar-refractivity contribution in [3.8, 4) is 11.3 Å². The summed E-state index contributed by atoms with van der Waals surface area (Å²) in [5, 5.41) is 11.6. The van der Waals surface area contributed by atoms with E-state index in [1.807, 2.05) is 0 Å². The number of halogens is 6. The number of nitrogens with one attached hydrogen (secondary N) is 3. The molecule has 1 aliphatic rings. The first-order valence-corrected chi connectivity index (χ1v) is 13.9. The second kappa shape index (κ2) is 12.4. The van der Waals surface area contributed by atoms with Gasteiger partial charge in [0.25, 0.3) is 12.3 Å². The Bertz CT molecular complexity index is 1710. The molecule has 1 atom stereocenters. The normalized spacial score (nSPS) is 17.3. The molecule has 240 valence electrons. The molecule has 11 nitrogen and oxygen atoms in total. The number of aromatic nitrogens is 5. The van der Waals surface area contributed by atoms with Crippen molar-refractivity contribution >= 4 is 29.0 Å². The molecule has 17 heteroatoms. The number of amides is 2. The summed E-state index contributed by atoms with van der Waals surface area (Å²) >= 11 is 0. The van der Waals surface area contributed by atoms with Crippen molar-refractivity contribution in [1.82, 2.24) is 34.8 Å². The summed E-state index contributed by atoms with van der Waals surface area (Å²) in [5.41, 5.74) is 4.09. The Labute approximate surface area is 252 Å². The van der Waals surface area contributed by atoms with Crippen molar-refractivity contribution in [2.24, 2.45) is 11.7 Å². The van der Waals surface area contributed by atoms with Crippen LogP contribution >= 0.6 is 0 Å². The monoisotopic (exact) mass is 637 g/mol. The topological polar surface area (TPSA) is 144 Å². The number of alkyl halides is 5. The number of nitrogens with two attached hydrogens (primary N) is 1. The minimum atomic E-state index is -4.93. The van der Waals surface area contributed by atoms with Crippen molar-refractivity contribution in [2.45, 2.75) is 57.9 Å². The lowest BCUT2D eigenvalue weighted by molar-refractivity contribution is -0.141. The summed E-state index contributed by atoms with van der Waals surface area (Å²) in [6.07, 6.45) is -2.05. The molecule has 1 saturated carbocycles. The van der Waals surface area contributed by atoms with Crippen LogP contribution in [0.15, 0.2) is 36.9 Å². The zero-order valence-electron chi connectivity index (χ0n) is 24.0. The summed E-state index contributed by atoms with van der Waals surface area (Å²) in [4.78, 5) is 33.3. The molecule has 0 bridgehead atoms. The van der Waals surface area contributed by atoms with Gasteiger partial charge in [-0.3, -0.25) is 18.7 Å². The van der Waals surface area contributed by atoms with E-state index < -0.39 is 48.2 Å². The molecule has 3 heterocycles. The number of fused-ring (bicyclic) bond motifs is 1. The fraction of sp³-hybridized carbons (Fsp3) is 0.393. The zero-order valence-corrected chi connectivity index (χ0v) is 24.0. The average Bonchev–Trinajstić information content (AvgIpc) is 3.54. The molecule has 0 spiro atoms. The molecule has 5 N–H and O–H groups in total. The van der Waals surface area contributed by atoms with Crippen LogP contribution in [0.4, 0.5) is 37.8 Å². The van der Waals surface area contributed by atoms with Crippen LogP contribution in [-0.4, -0.2) is 61.0 Å². The van der Waals surface area contributed by atoms with Gasteiger partial charge in [-0.2, -0.15) is 18.3 Å². The summed E-state index contributed by atoms with van der Waals surface area (Å²) in [6.45, 7) is 2.31. The number of hydrogen-bond donors (Lipinski definition) is 4. The van der Waals surface area contributed by atoms with Gasteiger partial charge in [0.1, 0.15) is 12.4 Å². The van der Waals surface area contributed by atoms with E-state index in [2.05, 4.69) is 31.0 Å². The number of aryl methyl sites for hydroxylation is 1. The van der Waals surface area contributed by atoms with E-state index in [1.165, 1.54) is 29.8 Å². The third-order valence-corrected chi connectivity index (χ3v) is 7.34. The van der Waals surface area contributed by atoms with Gasteiger partial charge in [-0.15, -0.1) is 0 Å². The Balaban J connectivity index is 1.33. The maximum Gasteiger partial charge on any atom is 0.435 e. The fourth-order valence-electron chi connectivity index (χ4n) is 5.12. The standard InChI is InChI=1S/C28H29F6N9O2/c1-13-5-17(8-19(29)22(13)27(45)39-14(2)9-38-26(44)15-6-16(35)7-15)40-24-25-37-10-20(43(25)4-3-36-24)18-11-42(12-21(30)31)41-23(18)28(32,33)34/h3-5,8,10-11,14-16,21H,6-7,9,12,35H2,1-2H3,(H,36,40)(H,38,44)(H,39,45)/t14-,15?,16?/m1/s1. The van der Waals surface area contributed by atoms with E-state index in [9.17, 15) is 31.5 Å². The lowest BCUT2D eigenvalue weighted by Gasteiger charge is -2.31. The van der Waals surface area contributed by atoms with E-state index >= 15 is 4.39 Å². The molecular weight excluding hydrogens is 608 g/mol. The highest BCUT2D eigenvalue weighted by molar-refractivity contribution is 5.96. The zero-order chi connectivity index (χ0) is 32.6. The highest BCUT2D eigenvalue weighted by Gasteiger charge is 2.38. The molecule has 1 aromatic carbocycles. The average molecular weight is 638 g/mol. The lowest BCUT2D eigenvalue weighted by Crippen LogP contribution is -2.48. The highest BCUT2D eigenvalue weighted by atomic mass is 19.4. The quantitative estimate of drug-likeness (QED) is 0.192. The van der Waals surface area contributed by atoms with Crippen molar-refractivity contribution < 1.29 is 35.9 Å². The molecule has 0 aliphatic heterocycles. The van der Waals surface area contributed by atoms with Crippen molar-refractivity contribution in [2.75, 3.05) is 11.9 Å². The molecular formula is C28H29F6N9O2. The van der Waals surface area contributed by atoms with Crippen LogP contribution in [0.5, 0.6) is 0 Å². The number of imidazole rings is 1. The third-order valence-electron chi connectivity index (χ3n) is 7.34. The largest absolute Gasteiger partial charge is 0.435 e. The number of carbonyl (C=O) groups excluding carboxylic acids is 2. The van der Waals surface area contributed by atoms with E-state index in [0.29, 0.717) is 17.5 Å². The lowest BCUT2D eigenvalue weighted by atomic mass is 9.80. The molecule has 4 aromatic rings. The molecule has 2 amide bonds. The van der Waals surface area contributed by atoms with Crippen molar-refractivity contribution in [3.63, 3.8) is 0 Å². The Morgan fingerprint density at radius 2 is 1.91 bits per heavy atom. The van der Waals surface area contributed by atoms with Crippen molar-refractivity contribution in [1.29, 1.82) is 0 Å². The molecule has 45 heavy (non-hydrogen) atoms. The van der Waals surface area contributed by atoms with Gasteiger partial charge in [0.2, 0.25) is 5.91 Å². The molecule has 1 fully saturated rings. The van der Waals surface area contributed by atoms with Crippen LogP contribution in [-0.2, 0) is 17.5 Å². The first-order chi connectivity index (χ1) is 21.2. The summed E-state index contributed by atoms with van der Waals surface area (Å²) in [6, 6.07) is 2.06. The second-order valence-corrected chi connectivity index (χ2v) is 10.9. The minimum absolute atomic E-state index is 0.0200. The predicted molar refractivity (Wildman–Crippen MR) is 150 cm³/mol. The van der Waals surface area contributed by atoms with Crippen molar-refractivity contribution in [3.05, 3.63) is 59.6 Å². The van der Waals surface area contributed by atoms with Gasteiger partial charge in [-0.05, 0) is 44.4 Å². The summed E-state index contributed by atoms with van der Waals surface area (Å²) < 4.78 is 83.9. The van der Waals surface area contributed by atoms with Gasteiger partial charge in [0.15, 0.2) is 17.2 Å². The second-order valence-electron chi connectivity index (χ2n) is 10.9. The van der Waals surface area contributed by atoms with Crippen LogP contribution in [0, 0.1) is 18.7 Å². The van der Waals surface area contributed by atoms with Gasteiger partial charge in [-0.1, -0.05) is 0 Å². The number of anilines is 2. The molecule has 5 rings (SSSR count). The smallest absolute Gasteiger partial charge is 0.354 e. The first-order valence-electron chi connectivity index (χ1n) is 13.9. The summed E-state index contributed by atoms with van der Waals surface area (Å²) in [5.74, 6) is -1.79. The Kier molecular flexibility index (Phi) is 8.73. The maximum absolute atomic E-state index is 15.2. The molecule has 0 unspecified atom stereocenters. The van der Waals surface area contributed by atoms with Gasteiger partial charge in [0.05, 0.1) is 23.0 Å². The van der Waals surface area contributed by atoms with Gasteiger partial charge in [0, 0.05) is 48.8 Å². The van der Waals surface area contributed by atoms with E-state index in [1.54, 1.807) is 6.92 Å². The van der Waals surface area contributed by atoms with Gasteiger partial charge >= 0.3 is 6.18 Å². The van der Waals surface area contributed by atoms with Crippen LogP contribution in [0.1, 0.15) is 41.4 Å². The van der Waals surface area contributed by atoms with Gasteiger partial charge in [-0.25, -0.2) is 23.1 Å². The third kappa shape index (κ3) is 6.87. The first kappa shape index (κ1) is 31.7. The molecule has 1 aliphatic carbocycles. The Morgan fingerprint density at radius 3 is 2.56 bits per heavy atom. The number of benzene rings is 1. The van der Waals surface area contributed by atoms with Crippen LogP contribution in [0.2, 0.25) is 0 Å². The number of carbonyl (C=O) groups is 2. The van der Waals surface area contributed by atoms with E-state index in [0.717, 1.165) is 18.5 Å². The summed E-state index contributed by atoms with van der Waals surface area (Å²) in [7, 11) is 0. The number of hydrogen-bond acceptors (Lipinski definition) is 7. The number of nitrogens with zero attached hydrogens (tertiary/aromatic N) is 5. The van der Waals surface area contributed by atoms with Gasteiger partial charge < -0.3 is 21.7 Å². The highest BCUT2D eigenvalue weighted by Crippen LogP contribution is 2.37. The van der Waals surface area contributed by atoms with Crippen LogP contribution in [0.25, 0.3) is 16.9 Å². The maximum atomic E-state index is 15.2. The minimum Gasteiger partial charge on any atom is -0.354 e. The number of rotatable bonds is 10.